The second kappa shape index (κ2) is 6.97. The minimum Gasteiger partial charge on any atom is -0.489 e. The zero-order valence-electron chi connectivity index (χ0n) is 13.0. The molecule has 2 atom stereocenters. The Labute approximate surface area is 132 Å². The molecule has 0 bridgehead atoms. The van der Waals surface area contributed by atoms with Gasteiger partial charge in [0.05, 0.1) is 6.04 Å². The van der Waals surface area contributed by atoms with Crippen LogP contribution >= 0.6 is 11.6 Å². The highest BCUT2D eigenvalue weighted by Gasteiger charge is 2.21. The lowest BCUT2D eigenvalue weighted by molar-refractivity contribution is 0.175. The van der Waals surface area contributed by atoms with Gasteiger partial charge in [0.15, 0.2) is 0 Å². The number of ether oxygens (including phenoxy) is 1. The van der Waals surface area contributed by atoms with Crippen molar-refractivity contribution in [2.45, 2.75) is 32.9 Å². The molecular formula is C18H22ClNO. The summed E-state index contributed by atoms with van der Waals surface area (Å²) in [5, 5.41) is 4.05. The molecule has 0 aliphatic rings. The summed E-state index contributed by atoms with van der Waals surface area (Å²) in [6.45, 7) is 6.31. The van der Waals surface area contributed by atoms with Gasteiger partial charge in [0.2, 0.25) is 0 Å². The maximum atomic E-state index is 6.05. The van der Waals surface area contributed by atoms with Gasteiger partial charge in [-0.15, -0.1) is 0 Å². The quantitative estimate of drug-likeness (QED) is 0.865. The van der Waals surface area contributed by atoms with Gasteiger partial charge in [-0.2, -0.15) is 0 Å². The van der Waals surface area contributed by atoms with Crippen molar-refractivity contribution >= 4 is 11.6 Å². The minimum atomic E-state index is -0.00559. The van der Waals surface area contributed by atoms with Crippen LogP contribution in [0, 0.1) is 13.8 Å². The largest absolute Gasteiger partial charge is 0.489 e. The molecule has 21 heavy (non-hydrogen) atoms. The number of aryl methyl sites for hydroxylation is 2. The van der Waals surface area contributed by atoms with E-state index in [9.17, 15) is 0 Å². The van der Waals surface area contributed by atoms with Gasteiger partial charge in [0.1, 0.15) is 11.9 Å². The molecule has 0 saturated heterocycles. The molecule has 1 N–H and O–H groups in total. The normalized spacial score (nSPS) is 13.8. The summed E-state index contributed by atoms with van der Waals surface area (Å²) in [7, 11) is 1.96. The number of likely N-dealkylation sites (N-methyl/N-ethyl adjacent to an activating group) is 1. The Morgan fingerprint density at radius 1 is 1.10 bits per heavy atom. The van der Waals surface area contributed by atoms with Crippen molar-refractivity contribution in [1.82, 2.24) is 5.32 Å². The van der Waals surface area contributed by atoms with Crippen LogP contribution in [-0.2, 0) is 0 Å². The van der Waals surface area contributed by atoms with Gasteiger partial charge in [-0.05, 0) is 57.1 Å². The van der Waals surface area contributed by atoms with Gasteiger partial charge < -0.3 is 10.1 Å². The summed E-state index contributed by atoms with van der Waals surface area (Å²) < 4.78 is 6.05. The van der Waals surface area contributed by atoms with Crippen LogP contribution in [0.4, 0.5) is 0 Å². The summed E-state index contributed by atoms with van der Waals surface area (Å²) in [5.74, 6) is 0.792. The molecule has 0 aliphatic carbocycles. The number of hydrogen-bond acceptors (Lipinski definition) is 2. The summed E-state index contributed by atoms with van der Waals surface area (Å²) in [5.41, 5.74) is 3.79. The van der Waals surface area contributed by atoms with Gasteiger partial charge in [-0.25, -0.2) is 0 Å². The molecule has 0 aliphatic heterocycles. The fourth-order valence-electron chi connectivity index (χ4n) is 2.56. The van der Waals surface area contributed by atoms with Gasteiger partial charge in [-0.1, -0.05) is 41.4 Å². The minimum absolute atomic E-state index is 0.00559. The molecule has 3 heteroatoms. The van der Waals surface area contributed by atoms with Crippen molar-refractivity contribution in [3.63, 3.8) is 0 Å². The summed E-state index contributed by atoms with van der Waals surface area (Å²) >= 11 is 6.01. The molecule has 0 amide bonds. The van der Waals surface area contributed by atoms with E-state index < -0.39 is 0 Å². The number of benzene rings is 2. The van der Waals surface area contributed by atoms with Crippen molar-refractivity contribution in [2.75, 3.05) is 7.05 Å². The monoisotopic (exact) mass is 303 g/mol. The zero-order valence-corrected chi connectivity index (χ0v) is 13.7. The first-order valence-electron chi connectivity index (χ1n) is 7.18. The van der Waals surface area contributed by atoms with Crippen molar-refractivity contribution in [3.05, 3.63) is 64.2 Å². The first-order valence-corrected chi connectivity index (χ1v) is 7.55. The van der Waals surface area contributed by atoms with Crippen LogP contribution in [-0.4, -0.2) is 13.2 Å². The second-order valence-corrected chi connectivity index (χ2v) is 5.84. The molecule has 2 unspecified atom stereocenters. The molecule has 0 heterocycles. The highest BCUT2D eigenvalue weighted by atomic mass is 35.5. The standard InChI is InChI=1S/C18H22ClNO/c1-12-8-9-13(2)17(10-12)18(20-4)14(3)21-16-7-5-6-15(19)11-16/h5-11,14,18,20H,1-4H3. The lowest BCUT2D eigenvalue weighted by atomic mass is 9.96. The van der Waals surface area contributed by atoms with Gasteiger partial charge >= 0.3 is 0 Å². The highest BCUT2D eigenvalue weighted by Crippen LogP contribution is 2.26. The van der Waals surface area contributed by atoms with E-state index in [0.717, 1.165) is 5.75 Å². The Balaban J connectivity index is 2.22. The van der Waals surface area contributed by atoms with Crippen molar-refractivity contribution in [3.8, 4) is 5.75 Å². The van der Waals surface area contributed by atoms with E-state index in [1.165, 1.54) is 16.7 Å². The van der Waals surface area contributed by atoms with Gasteiger partial charge in [0, 0.05) is 5.02 Å². The molecule has 2 rings (SSSR count). The van der Waals surface area contributed by atoms with Crippen LogP contribution in [0.25, 0.3) is 0 Å². The Morgan fingerprint density at radius 2 is 1.86 bits per heavy atom. The third-order valence-electron chi connectivity index (χ3n) is 3.67. The lowest BCUT2D eigenvalue weighted by Crippen LogP contribution is -2.32. The van der Waals surface area contributed by atoms with E-state index in [0.29, 0.717) is 5.02 Å². The van der Waals surface area contributed by atoms with Crippen LogP contribution in [0.15, 0.2) is 42.5 Å². The summed E-state index contributed by atoms with van der Waals surface area (Å²) in [6, 6.07) is 14.1. The predicted octanol–water partition coefficient (Wildman–Crippen LogP) is 4.68. The Hall–Kier alpha value is -1.51. The van der Waals surface area contributed by atoms with Crippen LogP contribution < -0.4 is 10.1 Å². The number of nitrogens with one attached hydrogen (secondary N) is 1. The SMILES string of the molecule is CNC(c1cc(C)ccc1C)C(C)Oc1cccc(Cl)c1. The fourth-order valence-corrected chi connectivity index (χ4v) is 2.74. The van der Waals surface area contributed by atoms with E-state index in [2.05, 4.69) is 44.3 Å². The lowest BCUT2D eigenvalue weighted by Gasteiger charge is -2.26. The van der Waals surface area contributed by atoms with Crippen LogP contribution in [0.5, 0.6) is 5.75 Å². The molecule has 2 nitrogen and oxygen atoms in total. The van der Waals surface area contributed by atoms with Crippen molar-refractivity contribution in [2.24, 2.45) is 0 Å². The molecule has 2 aromatic rings. The first kappa shape index (κ1) is 15.9. The van der Waals surface area contributed by atoms with E-state index in [1.807, 2.05) is 31.3 Å². The Bertz CT molecular complexity index is 612. The number of hydrogen-bond donors (Lipinski definition) is 1. The van der Waals surface area contributed by atoms with Crippen LogP contribution in [0.1, 0.15) is 29.7 Å². The maximum absolute atomic E-state index is 6.05. The fraction of sp³-hybridized carbons (Fsp3) is 0.333. The molecule has 0 spiro atoms. The highest BCUT2D eigenvalue weighted by molar-refractivity contribution is 6.30. The van der Waals surface area contributed by atoms with Crippen molar-refractivity contribution < 1.29 is 4.74 Å². The van der Waals surface area contributed by atoms with E-state index >= 15 is 0 Å². The topological polar surface area (TPSA) is 21.3 Å². The van der Waals surface area contributed by atoms with Crippen LogP contribution in [0.2, 0.25) is 5.02 Å². The molecule has 0 saturated carbocycles. The molecule has 112 valence electrons. The zero-order chi connectivity index (χ0) is 15.4. The number of rotatable bonds is 5. The number of halogens is 1. The Kier molecular flexibility index (Phi) is 5.27. The molecule has 2 aromatic carbocycles. The third kappa shape index (κ3) is 3.99. The summed E-state index contributed by atoms with van der Waals surface area (Å²) in [4.78, 5) is 0. The molecule has 0 fully saturated rings. The maximum Gasteiger partial charge on any atom is 0.121 e. The van der Waals surface area contributed by atoms with E-state index in [-0.39, 0.29) is 12.1 Å². The van der Waals surface area contributed by atoms with Crippen LogP contribution in [0.3, 0.4) is 0 Å². The molecule has 0 aromatic heterocycles. The predicted molar refractivity (Wildman–Crippen MR) is 89.3 cm³/mol. The Morgan fingerprint density at radius 3 is 2.52 bits per heavy atom. The second-order valence-electron chi connectivity index (χ2n) is 5.41. The smallest absolute Gasteiger partial charge is 0.121 e. The molecule has 0 radical (unpaired) electrons. The van der Waals surface area contributed by atoms with Gasteiger partial charge in [0.25, 0.3) is 0 Å². The first-order chi connectivity index (χ1) is 10.0. The third-order valence-corrected chi connectivity index (χ3v) is 3.90. The average molecular weight is 304 g/mol. The average Bonchev–Trinajstić information content (AvgIpc) is 2.43. The summed E-state index contributed by atoms with van der Waals surface area (Å²) in [6.07, 6.45) is -0.00559. The van der Waals surface area contributed by atoms with E-state index in [1.54, 1.807) is 0 Å². The van der Waals surface area contributed by atoms with E-state index in [4.69, 9.17) is 16.3 Å². The van der Waals surface area contributed by atoms with Gasteiger partial charge in [-0.3, -0.25) is 0 Å². The van der Waals surface area contributed by atoms with Crippen molar-refractivity contribution in [1.29, 1.82) is 0 Å². The molecular weight excluding hydrogens is 282 g/mol.